The summed E-state index contributed by atoms with van der Waals surface area (Å²) < 4.78 is 8.05. The highest BCUT2D eigenvalue weighted by molar-refractivity contribution is 5.94. The van der Waals surface area contributed by atoms with Gasteiger partial charge in [-0.25, -0.2) is 9.78 Å². The summed E-state index contributed by atoms with van der Waals surface area (Å²) in [6.07, 6.45) is 3.49. The zero-order chi connectivity index (χ0) is 39.6. The molecule has 56 heavy (non-hydrogen) atoms. The van der Waals surface area contributed by atoms with Crippen molar-refractivity contribution in [1.82, 2.24) is 29.7 Å². The zero-order valence-electron chi connectivity index (χ0n) is 33.2. The number of nitrogens with zero attached hydrogens (tertiary/aromatic N) is 3. The quantitative estimate of drug-likeness (QED) is 0.0952. The van der Waals surface area contributed by atoms with E-state index in [4.69, 9.17) is 9.72 Å². The van der Waals surface area contributed by atoms with Crippen LogP contribution in [-0.2, 0) is 16.1 Å². The van der Waals surface area contributed by atoms with Gasteiger partial charge in [0.1, 0.15) is 0 Å². The Kier molecular flexibility index (Phi) is 11.1. The van der Waals surface area contributed by atoms with Crippen molar-refractivity contribution >= 4 is 33.5 Å². The van der Waals surface area contributed by atoms with E-state index >= 15 is 0 Å². The number of fused-ring (bicyclic) bond motifs is 2. The number of imidazole rings is 1. The van der Waals surface area contributed by atoms with Crippen LogP contribution in [0.15, 0.2) is 101 Å². The highest BCUT2D eigenvalue weighted by Crippen LogP contribution is 2.33. The maximum absolute atomic E-state index is 13.3. The largest absolute Gasteiger partial charge is 0.373 e. The summed E-state index contributed by atoms with van der Waals surface area (Å²) in [7, 11) is 0. The van der Waals surface area contributed by atoms with E-state index in [0.717, 1.165) is 65.9 Å². The molecule has 0 aliphatic carbocycles. The van der Waals surface area contributed by atoms with Gasteiger partial charge in [-0.1, -0.05) is 68.4 Å². The molecule has 1 aliphatic rings. The molecule has 292 valence electrons. The second kappa shape index (κ2) is 16.0. The number of likely N-dealkylation sites (tertiary alicyclic amines) is 1. The number of rotatable bonds is 13. The van der Waals surface area contributed by atoms with Crippen LogP contribution < -0.4 is 21.9 Å². The van der Waals surface area contributed by atoms with Crippen molar-refractivity contribution in [3.63, 3.8) is 0 Å². The smallest absolute Gasteiger partial charge is 0.326 e. The molecular formula is C45H53N7O4. The zero-order valence-corrected chi connectivity index (χ0v) is 33.2. The van der Waals surface area contributed by atoms with Gasteiger partial charge in [-0.2, -0.15) is 0 Å². The molecule has 1 saturated heterocycles. The van der Waals surface area contributed by atoms with E-state index < -0.39 is 5.60 Å². The first-order valence-corrected chi connectivity index (χ1v) is 19.6. The highest BCUT2D eigenvalue weighted by Gasteiger charge is 2.28. The average Bonchev–Trinajstić information content (AvgIpc) is 3.49. The molecule has 0 spiro atoms. The van der Waals surface area contributed by atoms with Crippen LogP contribution in [0, 0.1) is 0 Å². The lowest BCUT2D eigenvalue weighted by Crippen LogP contribution is -2.49. The van der Waals surface area contributed by atoms with Crippen molar-refractivity contribution in [2.24, 2.45) is 0 Å². The SMILES string of the molecule is CC(C)NC(C)(C)COC(C)(C)CC(=O)Nc1ccc2[nH]c(=O)n(C3CCN(Cc4ccc(-c5nc6cc[nH]c(=O)c6cc5-c5ccccc5)cc4)CC3)c2c1. The van der Waals surface area contributed by atoms with Crippen LogP contribution in [0.4, 0.5) is 5.69 Å². The molecule has 0 unspecified atom stereocenters. The molecule has 1 fully saturated rings. The van der Waals surface area contributed by atoms with Crippen LogP contribution >= 0.6 is 0 Å². The van der Waals surface area contributed by atoms with Gasteiger partial charge in [0.15, 0.2) is 0 Å². The molecule has 6 aromatic rings. The lowest BCUT2D eigenvalue weighted by Gasteiger charge is -2.33. The van der Waals surface area contributed by atoms with Gasteiger partial charge in [-0.15, -0.1) is 0 Å². The Morgan fingerprint density at radius 3 is 2.38 bits per heavy atom. The number of hydrogen-bond donors (Lipinski definition) is 4. The summed E-state index contributed by atoms with van der Waals surface area (Å²) >= 11 is 0. The molecule has 4 N–H and O–H groups in total. The van der Waals surface area contributed by atoms with Gasteiger partial charge in [0.2, 0.25) is 5.91 Å². The number of H-pyrrole nitrogens is 2. The second-order valence-corrected chi connectivity index (χ2v) is 16.7. The molecule has 4 heterocycles. The minimum atomic E-state index is -0.653. The molecular weight excluding hydrogens is 703 g/mol. The highest BCUT2D eigenvalue weighted by atomic mass is 16.5. The summed E-state index contributed by atoms with van der Waals surface area (Å²) in [5, 5.41) is 7.10. The minimum Gasteiger partial charge on any atom is -0.373 e. The normalized spacial score (nSPS) is 14.6. The Bertz CT molecular complexity index is 2440. The molecule has 3 aromatic carbocycles. The van der Waals surface area contributed by atoms with Crippen LogP contribution in [0.25, 0.3) is 44.3 Å². The maximum atomic E-state index is 13.3. The molecule has 3 aromatic heterocycles. The molecule has 11 heteroatoms. The van der Waals surface area contributed by atoms with Gasteiger partial charge in [-0.3, -0.25) is 19.1 Å². The van der Waals surface area contributed by atoms with E-state index in [2.05, 4.69) is 77.5 Å². The standard InChI is InChI=1S/C45H53N7O4/c1-29(2)50-44(3,4)28-56-45(5,6)26-40(53)47-33-16-17-38-39(24-33)52(43(55)49-38)34-19-22-51(23-20-34)27-30-12-14-32(15-13-30)41-35(31-10-8-7-9-11-31)25-36-37(48-41)18-21-46-42(36)54/h7-18,21,24-25,29,34,50H,19-20,22-23,26-28H2,1-6H3,(H,46,54)(H,47,53)(H,49,55). The molecule has 0 saturated carbocycles. The van der Waals surface area contributed by atoms with Crippen molar-refractivity contribution in [3.8, 4) is 22.4 Å². The van der Waals surface area contributed by atoms with E-state index in [1.807, 2.05) is 79.1 Å². The van der Waals surface area contributed by atoms with Crippen LogP contribution in [0.2, 0.25) is 0 Å². The number of piperidine rings is 1. The predicted molar refractivity (Wildman–Crippen MR) is 225 cm³/mol. The van der Waals surface area contributed by atoms with Crippen LogP contribution in [0.1, 0.15) is 72.4 Å². The van der Waals surface area contributed by atoms with E-state index in [1.165, 1.54) is 5.56 Å². The number of carbonyl (C=O) groups excluding carboxylic acids is 1. The van der Waals surface area contributed by atoms with E-state index in [1.54, 1.807) is 6.20 Å². The van der Waals surface area contributed by atoms with Gasteiger partial charge >= 0.3 is 5.69 Å². The number of nitrogens with one attached hydrogen (secondary N) is 4. The Hall–Kier alpha value is -5.36. The lowest BCUT2D eigenvalue weighted by atomic mass is 9.97. The van der Waals surface area contributed by atoms with Gasteiger partial charge in [0.05, 0.1) is 46.3 Å². The summed E-state index contributed by atoms with van der Waals surface area (Å²) in [4.78, 5) is 52.2. The third-order valence-electron chi connectivity index (χ3n) is 10.5. The molecule has 1 amide bonds. The van der Waals surface area contributed by atoms with E-state index in [0.29, 0.717) is 29.2 Å². The van der Waals surface area contributed by atoms with Gasteiger partial charge in [0.25, 0.3) is 5.56 Å². The van der Waals surface area contributed by atoms with Crippen molar-refractivity contribution in [2.75, 3.05) is 25.0 Å². The van der Waals surface area contributed by atoms with Crippen molar-refractivity contribution in [2.45, 2.75) is 90.6 Å². The number of aromatic nitrogens is 4. The number of pyridine rings is 2. The molecule has 0 atom stereocenters. The van der Waals surface area contributed by atoms with Gasteiger partial charge < -0.3 is 25.3 Å². The van der Waals surface area contributed by atoms with Crippen LogP contribution in [0.5, 0.6) is 0 Å². The fourth-order valence-electron chi connectivity index (χ4n) is 7.93. The lowest BCUT2D eigenvalue weighted by molar-refractivity contribution is -0.123. The van der Waals surface area contributed by atoms with E-state index in [-0.39, 0.29) is 35.2 Å². The number of carbonyl (C=O) groups is 1. The van der Waals surface area contributed by atoms with Crippen molar-refractivity contribution < 1.29 is 9.53 Å². The molecule has 11 nitrogen and oxygen atoms in total. The minimum absolute atomic E-state index is 0.0404. The molecule has 0 radical (unpaired) electrons. The monoisotopic (exact) mass is 755 g/mol. The average molecular weight is 756 g/mol. The number of benzene rings is 3. The summed E-state index contributed by atoms with van der Waals surface area (Å²) in [6.45, 7) is 15.2. The molecule has 7 rings (SSSR count). The van der Waals surface area contributed by atoms with Gasteiger partial charge in [-0.05, 0) is 82.0 Å². The predicted octanol–water partition coefficient (Wildman–Crippen LogP) is 7.64. The fourth-order valence-corrected chi connectivity index (χ4v) is 7.93. The van der Waals surface area contributed by atoms with Crippen molar-refractivity contribution in [3.05, 3.63) is 118 Å². The maximum Gasteiger partial charge on any atom is 0.326 e. The summed E-state index contributed by atoms with van der Waals surface area (Å²) in [5.74, 6) is -0.142. The Morgan fingerprint density at radius 2 is 1.66 bits per heavy atom. The van der Waals surface area contributed by atoms with E-state index in [9.17, 15) is 14.4 Å². The fraction of sp³-hybridized carbons (Fsp3) is 0.378. The topological polar surface area (TPSA) is 137 Å². The number of ether oxygens (including phenoxy) is 1. The number of aromatic amines is 2. The summed E-state index contributed by atoms with van der Waals surface area (Å²) in [5.41, 5.74) is 6.62. The first-order valence-electron chi connectivity index (χ1n) is 19.6. The number of amides is 1. The summed E-state index contributed by atoms with van der Waals surface area (Å²) in [6, 6.07) is 28.3. The molecule has 1 aliphatic heterocycles. The van der Waals surface area contributed by atoms with Crippen LogP contribution in [0.3, 0.4) is 0 Å². The Balaban J connectivity index is 0.992. The third kappa shape index (κ3) is 9.02. The first-order chi connectivity index (χ1) is 26.7. The van der Waals surface area contributed by atoms with Gasteiger partial charge in [0, 0.05) is 60.3 Å². The Morgan fingerprint density at radius 1 is 0.929 bits per heavy atom. The van der Waals surface area contributed by atoms with Crippen molar-refractivity contribution in [1.29, 1.82) is 0 Å². The first kappa shape index (κ1) is 38.9. The number of anilines is 1. The molecule has 0 bridgehead atoms. The second-order valence-electron chi connectivity index (χ2n) is 16.7. The van der Waals surface area contributed by atoms with Crippen LogP contribution in [-0.4, -0.2) is 67.2 Å². The third-order valence-corrected chi connectivity index (χ3v) is 10.5. The number of hydrogen-bond acceptors (Lipinski definition) is 7. The Labute approximate surface area is 327 Å².